The molecule has 102 valence electrons. The fourth-order valence-corrected chi connectivity index (χ4v) is 2.38. The van der Waals surface area contributed by atoms with Gasteiger partial charge in [-0.1, -0.05) is 19.9 Å². The van der Waals surface area contributed by atoms with Crippen LogP contribution in [0.5, 0.6) is 0 Å². The van der Waals surface area contributed by atoms with Crippen LogP contribution in [0.2, 0.25) is 0 Å². The molecule has 1 aromatic rings. The van der Waals surface area contributed by atoms with E-state index in [1.807, 2.05) is 13.8 Å². The van der Waals surface area contributed by atoms with E-state index in [1.54, 1.807) is 12.1 Å². The van der Waals surface area contributed by atoms with E-state index in [0.29, 0.717) is 11.3 Å². The lowest BCUT2D eigenvalue weighted by molar-refractivity contribution is -0.138. The number of rotatable bonds is 5. The van der Waals surface area contributed by atoms with Gasteiger partial charge in [0.05, 0.1) is 5.56 Å². The van der Waals surface area contributed by atoms with Crippen LogP contribution in [-0.2, 0) is 12.6 Å². The van der Waals surface area contributed by atoms with Crippen molar-refractivity contribution < 1.29 is 13.2 Å². The highest BCUT2D eigenvalue weighted by molar-refractivity contribution is 7.99. The van der Waals surface area contributed by atoms with Crippen molar-refractivity contribution in [2.45, 2.75) is 43.8 Å². The SMILES string of the molecule is CCSc1ccc(CC(N)CC)c(C(F)(F)F)c1. The summed E-state index contributed by atoms with van der Waals surface area (Å²) in [5.41, 5.74) is 5.48. The molecule has 5 heteroatoms. The van der Waals surface area contributed by atoms with E-state index >= 15 is 0 Å². The fraction of sp³-hybridized carbons (Fsp3) is 0.538. The topological polar surface area (TPSA) is 26.0 Å². The summed E-state index contributed by atoms with van der Waals surface area (Å²) in [5, 5.41) is 0. The first-order valence-electron chi connectivity index (χ1n) is 5.97. The maximum atomic E-state index is 13.0. The van der Waals surface area contributed by atoms with Crippen LogP contribution in [0.4, 0.5) is 13.2 Å². The van der Waals surface area contributed by atoms with Crippen molar-refractivity contribution in [1.29, 1.82) is 0 Å². The van der Waals surface area contributed by atoms with Crippen LogP contribution < -0.4 is 5.73 Å². The Morgan fingerprint density at radius 2 is 1.94 bits per heavy atom. The van der Waals surface area contributed by atoms with Crippen molar-refractivity contribution in [2.75, 3.05) is 5.75 Å². The Bertz CT molecular complexity index is 390. The predicted molar refractivity (Wildman–Crippen MR) is 69.8 cm³/mol. The van der Waals surface area contributed by atoms with Crippen molar-refractivity contribution in [3.63, 3.8) is 0 Å². The van der Waals surface area contributed by atoms with E-state index in [9.17, 15) is 13.2 Å². The standard InChI is InChI=1S/C13H18F3NS/c1-3-10(17)7-9-5-6-11(18-4-2)8-12(9)13(14,15)16/h5-6,8,10H,3-4,7,17H2,1-2H3. The lowest BCUT2D eigenvalue weighted by Gasteiger charge is -2.16. The first-order valence-corrected chi connectivity index (χ1v) is 6.95. The van der Waals surface area contributed by atoms with Crippen molar-refractivity contribution in [3.05, 3.63) is 29.3 Å². The zero-order valence-electron chi connectivity index (χ0n) is 10.6. The predicted octanol–water partition coefficient (Wildman–Crippen LogP) is 4.10. The van der Waals surface area contributed by atoms with Crippen LogP contribution in [0.15, 0.2) is 23.1 Å². The van der Waals surface area contributed by atoms with Crippen molar-refractivity contribution >= 4 is 11.8 Å². The van der Waals surface area contributed by atoms with Gasteiger partial charge in [0.25, 0.3) is 0 Å². The van der Waals surface area contributed by atoms with Gasteiger partial charge in [-0.25, -0.2) is 0 Å². The second-order valence-corrected chi connectivity index (χ2v) is 5.46. The number of thioether (sulfide) groups is 1. The molecule has 0 aromatic heterocycles. The molecule has 18 heavy (non-hydrogen) atoms. The van der Waals surface area contributed by atoms with Crippen molar-refractivity contribution in [2.24, 2.45) is 5.73 Å². The smallest absolute Gasteiger partial charge is 0.327 e. The summed E-state index contributed by atoms with van der Waals surface area (Å²) in [7, 11) is 0. The average Bonchev–Trinajstić information content (AvgIpc) is 2.30. The van der Waals surface area contributed by atoms with Gasteiger partial charge in [-0.3, -0.25) is 0 Å². The first kappa shape index (κ1) is 15.4. The van der Waals surface area contributed by atoms with Gasteiger partial charge < -0.3 is 5.73 Å². The summed E-state index contributed by atoms with van der Waals surface area (Å²) >= 11 is 1.41. The van der Waals surface area contributed by atoms with Crippen molar-refractivity contribution in [3.8, 4) is 0 Å². The summed E-state index contributed by atoms with van der Waals surface area (Å²) in [6, 6.07) is 4.29. The van der Waals surface area contributed by atoms with E-state index < -0.39 is 11.7 Å². The minimum absolute atomic E-state index is 0.226. The van der Waals surface area contributed by atoms with E-state index in [1.165, 1.54) is 17.8 Å². The highest BCUT2D eigenvalue weighted by Crippen LogP contribution is 2.35. The second kappa shape index (κ2) is 6.48. The Morgan fingerprint density at radius 3 is 2.44 bits per heavy atom. The Balaban J connectivity index is 3.09. The molecule has 0 aliphatic heterocycles. The third kappa shape index (κ3) is 4.21. The molecule has 0 amide bonds. The van der Waals surface area contributed by atoms with Gasteiger partial charge in [0.1, 0.15) is 0 Å². The van der Waals surface area contributed by atoms with Gasteiger partial charge in [0, 0.05) is 10.9 Å². The van der Waals surface area contributed by atoms with E-state index in [-0.39, 0.29) is 18.0 Å². The summed E-state index contributed by atoms with van der Waals surface area (Å²) in [6.07, 6.45) is -3.38. The average molecular weight is 277 g/mol. The van der Waals surface area contributed by atoms with E-state index in [2.05, 4.69) is 0 Å². The Kier molecular flexibility index (Phi) is 5.53. The Hall–Kier alpha value is -0.680. The molecule has 0 heterocycles. The molecule has 2 N–H and O–H groups in total. The van der Waals surface area contributed by atoms with Crippen LogP contribution in [0, 0.1) is 0 Å². The third-order valence-electron chi connectivity index (χ3n) is 2.70. The van der Waals surface area contributed by atoms with Crippen LogP contribution in [-0.4, -0.2) is 11.8 Å². The van der Waals surface area contributed by atoms with Crippen LogP contribution in [0.1, 0.15) is 31.4 Å². The number of alkyl halides is 3. The van der Waals surface area contributed by atoms with Crippen LogP contribution in [0.25, 0.3) is 0 Å². The third-order valence-corrected chi connectivity index (χ3v) is 3.58. The Morgan fingerprint density at radius 1 is 1.28 bits per heavy atom. The quantitative estimate of drug-likeness (QED) is 0.820. The molecule has 0 aliphatic carbocycles. The van der Waals surface area contributed by atoms with Crippen LogP contribution in [0.3, 0.4) is 0 Å². The largest absolute Gasteiger partial charge is 0.416 e. The number of benzene rings is 1. The molecule has 0 bridgehead atoms. The maximum Gasteiger partial charge on any atom is 0.416 e. The highest BCUT2D eigenvalue weighted by atomic mass is 32.2. The number of hydrogen-bond donors (Lipinski definition) is 1. The van der Waals surface area contributed by atoms with E-state index in [4.69, 9.17) is 5.73 Å². The number of halogens is 3. The normalized spacial score (nSPS) is 13.7. The molecular formula is C13H18F3NS. The molecule has 1 atom stereocenters. The molecule has 1 nitrogen and oxygen atoms in total. The highest BCUT2D eigenvalue weighted by Gasteiger charge is 2.33. The van der Waals surface area contributed by atoms with Gasteiger partial charge >= 0.3 is 6.18 Å². The Labute approximate surface area is 110 Å². The maximum absolute atomic E-state index is 13.0. The monoisotopic (exact) mass is 277 g/mol. The number of nitrogens with two attached hydrogens (primary N) is 1. The zero-order valence-corrected chi connectivity index (χ0v) is 11.4. The lowest BCUT2D eigenvalue weighted by atomic mass is 9.99. The van der Waals surface area contributed by atoms with Gasteiger partial charge in [-0.05, 0) is 36.3 Å². The van der Waals surface area contributed by atoms with Gasteiger partial charge in [-0.15, -0.1) is 11.8 Å². The summed E-state index contributed by atoms with van der Waals surface area (Å²) in [4.78, 5) is 0.652. The molecule has 0 saturated heterocycles. The molecular weight excluding hydrogens is 259 g/mol. The first-order chi connectivity index (χ1) is 8.38. The molecule has 0 saturated carbocycles. The minimum atomic E-state index is -4.31. The van der Waals surface area contributed by atoms with Gasteiger partial charge in [-0.2, -0.15) is 13.2 Å². The molecule has 0 aliphatic rings. The summed E-state index contributed by atoms with van der Waals surface area (Å²) in [5.74, 6) is 0.755. The minimum Gasteiger partial charge on any atom is -0.327 e. The summed E-state index contributed by atoms with van der Waals surface area (Å²) < 4.78 is 38.9. The summed E-state index contributed by atoms with van der Waals surface area (Å²) in [6.45, 7) is 3.79. The molecule has 0 fully saturated rings. The molecule has 0 radical (unpaired) electrons. The van der Waals surface area contributed by atoms with Gasteiger partial charge in [0.2, 0.25) is 0 Å². The van der Waals surface area contributed by atoms with Gasteiger partial charge in [0.15, 0.2) is 0 Å². The second-order valence-electron chi connectivity index (χ2n) is 4.12. The molecule has 0 spiro atoms. The van der Waals surface area contributed by atoms with E-state index in [0.717, 1.165) is 5.75 Å². The number of hydrogen-bond acceptors (Lipinski definition) is 2. The zero-order chi connectivity index (χ0) is 13.8. The molecule has 1 rings (SSSR count). The van der Waals surface area contributed by atoms with Crippen LogP contribution >= 0.6 is 11.8 Å². The fourth-order valence-electron chi connectivity index (χ4n) is 1.68. The lowest BCUT2D eigenvalue weighted by Crippen LogP contribution is -2.23. The molecule has 1 unspecified atom stereocenters. The molecule has 1 aromatic carbocycles. The van der Waals surface area contributed by atoms with Crippen molar-refractivity contribution in [1.82, 2.24) is 0 Å².